The largest absolute Gasteiger partial charge is 0.396 e. The molecule has 0 aliphatic heterocycles. The lowest BCUT2D eigenvalue weighted by atomic mass is 10.2. The maximum Gasteiger partial charge on any atom is 0.319 e. The molecule has 2 rings (SSSR count). The van der Waals surface area contributed by atoms with E-state index in [1.807, 2.05) is 25.1 Å². The highest BCUT2D eigenvalue weighted by Gasteiger charge is 2.03. The van der Waals surface area contributed by atoms with Gasteiger partial charge in [0.25, 0.3) is 0 Å². The number of anilines is 1. The number of aliphatic hydroxyl groups is 1. The normalized spacial score (nSPS) is 10.2. The van der Waals surface area contributed by atoms with Crippen LogP contribution in [0.25, 0.3) is 11.4 Å². The van der Waals surface area contributed by atoms with Gasteiger partial charge in [-0.1, -0.05) is 0 Å². The van der Waals surface area contributed by atoms with Crippen molar-refractivity contribution < 1.29 is 9.90 Å². The lowest BCUT2D eigenvalue weighted by Crippen LogP contribution is -2.29. The summed E-state index contributed by atoms with van der Waals surface area (Å²) in [5.74, 6) is 0.661. The molecule has 0 fully saturated rings. The molecule has 1 heterocycles. The maximum atomic E-state index is 11.6. The Morgan fingerprint density at radius 1 is 1.24 bits per heavy atom. The van der Waals surface area contributed by atoms with Crippen LogP contribution in [0.1, 0.15) is 12.1 Å². The van der Waals surface area contributed by atoms with Crippen molar-refractivity contribution in [2.24, 2.45) is 0 Å². The molecule has 3 N–H and O–H groups in total. The zero-order chi connectivity index (χ0) is 15.1. The van der Waals surface area contributed by atoms with Gasteiger partial charge in [-0.25, -0.2) is 14.8 Å². The van der Waals surface area contributed by atoms with Crippen LogP contribution in [-0.2, 0) is 0 Å². The molecule has 0 spiro atoms. The van der Waals surface area contributed by atoms with Crippen LogP contribution < -0.4 is 10.6 Å². The van der Waals surface area contributed by atoms with E-state index in [0.717, 1.165) is 11.3 Å². The highest BCUT2D eigenvalue weighted by atomic mass is 16.3. The molecule has 0 aliphatic rings. The van der Waals surface area contributed by atoms with Crippen molar-refractivity contribution >= 4 is 11.7 Å². The van der Waals surface area contributed by atoms with Gasteiger partial charge in [0.2, 0.25) is 0 Å². The molecule has 1 aromatic carbocycles. The van der Waals surface area contributed by atoms with Crippen LogP contribution in [0.15, 0.2) is 36.5 Å². The fraction of sp³-hybridized carbons (Fsp3) is 0.267. The Hall–Kier alpha value is -2.47. The van der Waals surface area contributed by atoms with Gasteiger partial charge in [-0.2, -0.15) is 0 Å². The first-order valence-corrected chi connectivity index (χ1v) is 6.75. The molecule has 0 atom stereocenters. The smallest absolute Gasteiger partial charge is 0.319 e. The lowest BCUT2D eigenvalue weighted by Gasteiger charge is -2.07. The van der Waals surface area contributed by atoms with E-state index >= 15 is 0 Å². The van der Waals surface area contributed by atoms with Gasteiger partial charge in [0.15, 0.2) is 5.82 Å². The number of rotatable bonds is 5. The van der Waals surface area contributed by atoms with Gasteiger partial charge in [-0.05, 0) is 43.7 Å². The van der Waals surface area contributed by atoms with Crippen molar-refractivity contribution in [3.8, 4) is 11.4 Å². The monoisotopic (exact) mass is 286 g/mol. The number of hydrogen-bond donors (Lipinski definition) is 3. The van der Waals surface area contributed by atoms with E-state index in [-0.39, 0.29) is 12.6 Å². The zero-order valence-electron chi connectivity index (χ0n) is 11.8. The number of nitrogens with one attached hydrogen (secondary N) is 2. The molecule has 0 radical (unpaired) electrons. The van der Waals surface area contributed by atoms with E-state index in [0.29, 0.717) is 24.5 Å². The number of benzene rings is 1. The zero-order valence-corrected chi connectivity index (χ0v) is 11.8. The summed E-state index contributed by atoms with van der Waals surface area (Å²) in [6.07, 6.45) is 2.26. The van der Waals surface area contributed by atoms with Crippen LogP contribution in [0.3, 0.4) is 0 Å². The SMILES string of the molecule is Cc1ccnc(-c2ccc(NC(=O)NCCCO)cc2)n1. The minimum absolute atomic E-state index is 0.0610. The van der Waals surface area contributed by atoms with Gasteiger partial charge in [0.1, 0.15) is 0 Å². The summed E-state index contributed by atoms with van der Waals surface area (Å²) in [6, 6.07) is 8.87. The third-order valence-corrected chi connectivity index (χ3v) is 2.82. The van der Waals surface area contributed by atoms with Crippen molar-refractivity contribution in [2.75, 3.05) is 18.5 Å². The number of aliphatic hydroxyl groups excluding tert-OH is 1. The van der Waals surface area contributed by atoms with Crippen molar-refractivity contribution in [3.05, 3.63) is 42.2 Å². The Labute approximate surface area is 123 Å². The number of amides is 2. The van der Waals surface area contributed by atoms with E-state index in [2.05, 4.69) is 20.6 Å². The van der Waals surface area contributed by atoms with Gasteiger partial charge in [0, 0.05) is 36.3 Å². The first-order valence-electron chi connectivity index (χ1n) is 6.75. The average molecular weight is 286 g/mol. The summed E-state index contributed by atoms with van der Waals surface area (Å²) in [4.78, 5) is 20.1. The highest BCUT2D eigenvalue weighted by Crippen LogP contribution is 2.17. The molecule has 0 saturated heterocycles. The fourth-order valence-electron chi connectivity index (χ4n) is 1.75. The molecule has 0 aliphatic carbocycles. The summed E-state index contributed by atoms with van der Waals surface area (Å²) >= 11 is 0. The first kappa shape index (κ1) is 14.9. The highest BCUT2D eigenvalue weighted by molar-refractivity contribution is 5.89. The number of carbonyl (C=O) groups excluding carboxylic acids is 1. The van der Waals surface area contributed by atoms with Crippen molar-refractivity contribution in [1.82, 2.24) is 15.3 Å². The number of aryl methyl sites for hydroxylation is 1. The molecule has 2 amide bonds. The maximum absolute atomic E-state index is 11.6. The summed E-state index contributed by atoms with van der Waals surface area (Å²) in [5.41, 5.74) is 2.49. The van der Waals surface area contributed by atoms with Gasteiger partial charge in [0.05, 0.1) is 0 Å². The van der Waals surface area contributed by atoms with Crippen molar-refractivity contribution in [1.29, 1.82) is 0 Å². The Kier molecular flexibility index (Phi) is 5.22. The molecular formula is C15H18N4O2. The predicted octanol–water partition coefficient (Wildman–Crippen LogP) is 1.96. The minimum Gasteiger partial charge on any atom is -0.396 e. The van der Waals surface area contributed by atoms with E-state index in [1.54, 1.807) is 18.3 Å². The third kappa shape index (κ3) is 4.54. The summed E-state index contributed by atoms with van der Waals surface area (Å²) < 4.78 is 0. The molecule has 0 bridgehead atoms. The Balaban J connectivity index is 1.97. The molecule has 0 unspecified atom stereocenters. The van der Waals surface area contributed by atoms with E-state index in [4.69, 9.17) is 5.11 Å². The molecular weight excluding hydrogens is 268 g/mol. The van der Waals surface area contributed by atoms with Crippen LogP contribution in [-0.4, -0.2) is 34.3 Å². The van der Waals surface area contributed by atoms with Gasteiger partial charge in [-0.15, -0.1) is 0 Å². The summed E-state index contributed by atoms with van der Waals surface area (Å²) in [7, 11) is 0. The number of aromatic nitrogens is 2. The van der Waals surface area contributed by atoms with Crippen molar-refractivity contribution in [2.45, 2.75) is 13.3 Å². The predicted molar refractivity (Wildman–Crippen MR) is 80.9 cm³/mol. The summed E-state index contributed by atoms with van der Waals surface area (Å²) in [5, 5.41) is 14.0. The Bertz CT molecular complexity index is 599. The second kappa shape index (κ2) is 7.35. The standard InChI is InChI=1S/C15H18N4O2/c1-11-7-9-16-14(18-11)12-3-5-13(6-4-12)19-15(21)17-8-2-10-20/h3-7,9,20H,2,8,10H2,1H3,(H2,17,19,21). The van der Waals surface area contributed by atoms with E-state index < -0.39 is 0 Å². The molecule has 2 aromatic rings. The van der Waals surface area contributed by atoms with E-state index in [1.165, 1.54) is 0 Å². The van der Waals surface area contributed by atoms with E-state index in [9.17, 15) is 4.79 Å². The van der Waals surface area contributed by atoms with Crippen molar-refractivity contribution in [3.63, 3.8) is 0 Å². The lowest BCUT2D eigenvalue weighted by molar-refractivity contribution is 0.249. The second-order valence-electron chi connectivity index (χ2n) is 4.56. The molecule has 0 saturated carbocycles. The average Bonchev–Trinajstić information content (AvgIpc) is 2.48. The molecule has 21 heavy (non-hydrogen) atoms. The molecule has 110 valence electrons. The van der Waals surface area contributed by atoms with Crippen LogP contribution >= 0.6 is 0 Å². The summed E-state index contributed by atoms with van der Waals surface area (Å²) in [6.45, 7) is 2.42. The quantitative estimate of drug-likeness (QED) is 0.733. The second-order valence-corrected chi connectivity index (χ2v) is 4.56. The number of hydrogen-bond acceptors (Lipinski definition) is 4. The van der Waals surface area contributed by atoms with Gasteiger partial charge < -0.3 is 15.7 Å². The Morgan fingerprint density at radius 2 is 2.00 bits per heavy atom. The molecule has 6 heteroatoms. The number of urea groups is 1. The fourth-order valence-corrected chi connectivity index (χ4v) is 1.75. The third-order valence-electron chi connectivity index (χ3n) is 2.82. The topological polar surface area (TPSA) is 87.1 Å². The minimum atomic E-state index is -0.289. The molecule has 6 nitrogen and oxygen atoms in total. The van der Waals surface area contributed by atoms with Crippen LogP contribution in [0, 0.1) is 6.92 Å². The van der Waals surface area contributed by atoms with Crippen LogP contribution in [0.5, 0.6) is 0 Å². The first-order chi connectivity index (χ1) is 10.2. The number of nitrogens with zero attached hydrogens (tertiary/aromatic N) is 2. The van der Waals surface area contributed by atoms with Crippen LogP contribution in [0.2, 0.25) is 0 Å². The molecule has 1 aromatic heterocycles. The van der Waals surface area contributed by atoms with Gasteiger partial charge in [-0.3, -0.25) is 0 Å². The Morgan fingerprint density at radius 3 is 2.67 bits per heavy atom. The van der Waals surface area contributed by atoms with Gasteiger partial charge >= 0.3 is 6.03 Å². The number of carbonyl (C=O) groups is 1. The van der Waals surface area contributed by atoms with Crippen LogP contribution in [0.4, 0.5) is 10.5 Å².